The highest BCUT2D eigenvalue weighted by Gasteiger charge is 2.40. The molecule has 14 heteroatoms. The van der Waals surface area contributed by atoms with Crippen molar-refractivity contribution < 1.29 is 40.7 Å². The van der Waals surface area contributed by atoms with Crippen LogP contribution >= 0.6 is 0 Å². The van der Waals surface area contributed by atoms with Crippen LogP contribution in [0.25, 0.3) is 0 Å². The molecule has 0 spiro atoms. The number of alkyl halides is 6. The molecule has 1 aliphatic heterocycles. The normalized spacial score (nSPS) is 16.5. The summed E-state index contributed by atoms with van der Waals surface area (Å²) in [6.07, 6.45) is -13.8. The minimum absolute atomic E-state index is 0.0271. The summed E-state index contributed by atoms with van der Waals surface area (Å²) in [5.74, 6) is -6.07. The van der Waals surface area contributed by atoms with Gasteiger partial charge in [-0.2, -0.15) is 31.6 Å². The van der Waals surface area contributed by atoms with E-state index in [1.54, 1.807) is 6.07 Å². The summed E-state index contributed by atoms with van der Waals surface area (Å²) in [6, 6.07) is 17.5. The number of nitrogens with one attached hydrogen (secondary N) is 2. The zero-order valence-electron chi connectivity index (χ0n) is 22.7. The minimum Gasteiger partial charge on any atom is -0.369 e. The molecule has 0 saturated heterocycles. The number of primary amides is 1. The number of benzene rings is 3. The molecule has 3 aromatic carbocycles. The summed E-state index contributed by atoms with van der Waals surface area (Å²) in [5.41, 5.74) is 4.55. The van der Waals surface area contributed by atoms with E-state index in [1.807, 2.05) is 6.07 Å². The Morgan fingerprint density at radius 2 is 1.70 bits per heavy atom. The fourth-order valence-electron chi connectivity index (χ4n) is 5.15. The van der Waals surface area contributed by atoms with Gasteiger partial charge in [0.2, 0.25) is 17.7 Å². The van der Waals surface area contributed by atoms with E-state index in [0.29, 0.717) is 0 Å². The van der Waals surface area contributed by atoms with Crippen molar-refractivity contribution in [3.05, 3.63) is 89.5 Å². The zero-order valence-corrected chi connectivity index (χ0v) is 22.7. The topological polar surface area (TPSA) is 128 Å². The number of carbonyl (C=O) groups is 3. The second-order valence-corrected chi connectivity index (χ2v) is 10.1. The smallest absolute Gasteiger partial charge is 0.369 e. The van der Waals surface area contributed by atoms with Gasteiger partial charge in [-0.15, -0.1) is 0 Å². The average Bonchev–Trinajstić information content (AvgIpc) is 3.09. The van der Waals surface area contributed by atoms with E-state index in [-0.39, 0.29) is 28.2 Å². The van der Waals surface area contributed by atoms with E-state index < -0.39 is 72.9 Å². The first-order valence-corrected chi connectivity index (χ1v) is 13.2. The minimum atomic E-state index is -4.76. The number of nitrogens with two attached hydrogens (primary N) is 1. The summed E-state index contributed by atoms with van der Waals surface area (Å²) < 4.78 is 81.0. The molecule has 8 nitrogen and oxygen atoms in total. The van der Waals surface area contributed by atoms with Gasteiger partial charge >= 0.3 is 12.4 Å². The molecule has 3 atom stereocenters. The molecule has 1 aliphatic rings. The summed E-state index contributed by atoms with van der Waals surface area (Å²) in [5, 5.41) is 14.7. The van der Waals surface area contributed by atoms with Crippen LogP contribution in [-0.4, -0.2) is 30.1 Å². The van der Waals surface area contributed by atoms with E-state index in [0.717, 1.165) is 18.2 Å². The second-order valence-electron chi connectivity index (χ2n) is 10.1. The van der Waals surface area contributed by atoms with Gasteiger partial charge in [0.1, 0.15) is 12.2 Å². The van der Waals surface area contributed by atoms with Crippen molar-refractivity contribution >= 4 is 34.8 Å². The number of nitriles is 1. The SMILES string of the molecule is N#Cc1cccc2c1NC(=O)CC(NC(=O)[C@H](CCC(F)(F)F)[C@H](C(N)=O)c1ccccc1)N2c1cccc(C(F)(F)F)c1. The number of rotatable bonds is 8. The van der Waals surface area contributed by atoms with Gasteiger partial charge in [-0.3, -0.25) is 14.4 Å². The lowest BCUT2D eigenvalue weighted by molar-refractivity contribution is -0.144. The molecule has 4 rings (SSSR count). The molecular formula is C30H25F6N5O3. The fourth-order valence-corrected chi connectivity index (χ4v) is 5.15. The van der Waals surface area contributed by atoms with Gasteiger partial charge in [0, 0.05) is 12.1 Å². The Morgan fingerprint density at radius 1 is 1.02 bits per heavy atom. The Hall–Kier alpha value is -5.06. The van der Waals surface area contributed by atoms with Crippen LogP contribution < -0.4 is 21.3 Å². The number of para-hydroxylation sites is 1. The lowest BCUT2D eigenvalue weighted by atomic mass is 9.81. The first-order valence-electron chi connectivity index (χ1n) is 13.2. The molecule has 4 N–H and O–H groups in total. The van der Waals surface area contributed by atoms with Crippen LogP contribution in [0.4, 0.5) is 43.4 Å². The van der Waals surface area contributed by atoms with Gasteiger partial charge < -0.3 is 21.3 Å². The number of nitrogens with zero attached hydrogens (tertiary/aromatic N) is 2. The Bertz CT molecular complexity index is 1590. The third-order valence-corrected chi connectivity index (χ3v) is 7.08. The monoisotopic (exact) mass is 617 g/mol. The van der Waals surface area contributed by atoms with Crippen molar-refractivity contribution in [1.29, 1.82) is 5.26 Å². The predicted octanol–water partition coefficient (Wildman–Crippen LogP) is 5.73. The van der Waals surface area contributed by atoms with Gasteiger partial charge in [-0.1, -0.05) is 42.5 Å². The maximum Gasteiger partial charge on any atom is 0.416 e. The average molecular weight is 618 g/mol. The van der Waals surface area contributed by atoms with Crippen molar-refractivity contribution in [2.75, 3.05) is 10.2 Å². The number of hydrogen-bond donors (Lipinski definition) is 3. The molecule has 3 amide bonds. The molecule has 3 aromatic rings. The lowest BCUT2D eigenvalue weighted by Gasteiger charge is -2.35. The zero-order chi connectivity index (χ0) is 32.2. The molecule has 44 heavy (non-hydrogen) atoms. The van der Waals surface area contributed by atoms with E-state index in [9.17, 15) is 46.0 Å². The second kappa shape index (κ2) is 12.7. The summed E-state index contributed by atoms with van der Waals surface area (Å²) in [4.78, 5) is 40.6. The Morgan fingerprint density at radius 3 is 2.32 bits per heavy atom. The van der Waals surface area contributed by atoms with Crippen molar-refractivity contribution in [3.8, 4) is 6.07 Å². The number of hydrogen-bond acceptors (Lipinski definition) is 5. The molecule has 1 heterocycles. The van der Waals surface area contributed by atoms with Gasteiger partial charge in [0.25, 0.3) is 0 Å². The van der Waals surface area contributed by atoms with Crippen molar-refractivity contribution in [1.82, 2.24) is 5.32 Å². The van der Waals surface area contributed by atoms with E-state index in [1.165, 1.54) is 53.4 Å². The molecule has 0 aliphatic carbocycles. The van der Waals surface area contributed by atoms with Crippen LogP contribution in [-0.2, 0) is 20.6 Å². The van der Waals surface area contributed by atoms with Crippen LogP contribution in [0.3, 0.4) is 0 Å². The molecule has 0 radical (unpaired) electrons. The molecule has 0 aromatic heterocycles. The summed E-state index contributed by atoms with van der Waals surface area (Å²) in [6.45, 7) is 0. The highest BCUT2D eigenvalue weighted by molar-refractivity contribution is 6.00. The Labute approximate surface area is 247 Å². The van der Waals surface area contributed by atoms with Gasteiger partial charge in [0.05, 0.1) is 40.8 Å². The fraction of sp³-hybridized carbons (Fsp3) is 0.267. The number of fused-ring (bicyclic) bond motifs is 1. The third kappa shape index (κ3) is 7.28. The van der Waals surface area contributed by atoms with Crippen molar-refractivity contribution in [2.45, 2.75) is 43.7 Å². The maximum atomic E-state index is 13.8. The molecule has 0 saturated carbocycles. The van der Waals surface area contributed by atoms with Crippen LogP contribution in [0.5, 0.6) is 0 Å². The lowest BCUT2D eigenvalue weighted by Crippen LogP contribution is -2.50. The van der Waals surface area contributed by atoms with Crippen LogP contribution in [0, 0.1) is 17.2 Å². The number of carbonyl (C=O) groups excluding carboxylic acids is 3. The molecular weight excluding hydrogens is 592 g/mol. The Balaban J connectivity index is 1.83. The van der Waals surface area contributed by atoms with Crippen LogP contribution in [0.1, 0.15) is 41.9 Å². The molecule has 0 bridgehead atoms. The Kier molecular flexibility index (Phi) is 9.17. The van der Waals surface area contributed by atoms with Gasteiger partial charge in [-0.25, -0.2) is 0 Å². The largest absolute Gasteiger partial charge is 0.416 e. The van der Waals surface area contributed by atoms with E-state index >= 15 is 0 Å². The molecule has 0 fully saturated rings. The summed E-state index contributed by atoms with van der Waals surface area (Å²) in [7, 11) is 0. The number of halogens is 6. The molecule has 230 valence electrons. The quantitative estimate of drug-likeness (QED) is 0.278. The first kappa shape index (κ1) is 31.9. The van der Waals surface area contributed by atoms with Gasteiger partial charge in [-0.05, 0) is 42.3 Å². The van der Waals surface area contributed by atoms with Crippen LogP contribution in [0.15, 0.2) is 72.8 Å². The van der Waals surface area contributed by atoms with Crippen molar-refractivity contribution in [2.24, 2.45) is 11.7 Å². The first-order chi connectivity index (χ1) is 20.7. The van der Waals surface area contributed by atoms with E-state index in [2.05, 4.69) is 10.6 Å². The number of amides is 3. The summed E-state index contributed by atoms with van der Waals surface area (Å²) >= 11 is 0. The van der Waals surface area contributed by atoms with Crippen molar-refractivity contribution in [3.63, 3.8) is 0 Å². The van der Waals surface area contributed by atoms with E-state index in [4.69, 9.17) is 5.73 Å². The predicted molar refractivity (Wildman–Crippen MR) is 147 cm³/mol. The van der Waals surface area contributed by atoms with Crippen LogP contribution in [0.2, 0.25) is 0 Å². The standard InChI is InChI=1S/C30H25F6N5O3/c31-29(32,33)13-12-21(25(27(38)43)17-6-2-1-3-7-17)28(44)39-23-15-24(42)40-26-18(16-37)8-4-11-22(26)41(23)20-10-5-9-19(14-20)30(34,35)36/h1-11,14,21,23,25H,12-13,15H2,(H2,38,43)(H,39,44)(H,40,42)/t21-,23?,25-/m1/s1. The van der Waals surface area contributed by atoms with Gasteiger partial charge in [0.15, 0.2) is 0 Å². The number of anilines is 3. The maximum absolute atomic E-state index is 13.8. The highest BCUT2D eigenvalue weighted by atomic mass is 19.4. The molecule has 1 unspecified atom stereocenters. The highest BCUT2D eigenvalue weighted by Crippen LogP contribution is 2.41. The third-order valence-electron chi connectivity index (χ3n) is 7.08.